The van der Waals surface area contributed by atoms with E-state index >= 15 is 0 Å². The number of allylic oxidation sites excluding steroid dienone is 4. The second-order valence-corrected chi connectivity index (χ2v) is 10.1. The molecule has 0 saturated heterocycles. The number of aromatic nitrogens is 3. The van der Waals surface area contributed by atoms with Crippen molar-refractivity contribution in [2.75, 3.05) is 0 Å². The van der Waals surface area contributed by atoms with Crippen LogP contribution in [0.5, 0.6) is 0 Å². The van der Waals surface area contributed by atoms with Crippen molar-refractivity contribution in [1.29, 1.82) is 5.26 Å². The van der Waals surface area contributed by atoms with E-state index in [0.717, 1.165) is 59.7 Å². The van der Waals surface area contributed by atoms with Gasteiger partial charge in [-0.2, -0.15) is 5.26 Å². The molecule has 0 bridgehead atoms. The maximum absolute atomic E-state index is 9.80. The topological polar surface area (TPSA) is 54.5 Å². The summed E-state index contributed by atoms with van der Waals surface area (Å²) in [5, 5.41) is 19.3. The lowest BCUT2D eigenvalue weighted by Gasteiger charge is -2.22. The fourth-order valence-electron chi connectivity index (χ4n) is 4.76. The molecule has 1 aromatic heterocycles. The van der Waals surface area contributed by atoms with E-state index in [4.69, 9.17) is 10.2 Å². The average Bonchev–Trinajstić information content (AvgIpc) is 3.23. The van der Waals surface area contributed by atoms with Gasteiger partial charge >= 0.3 is 0 Å². The summed E-state index contributed by atoms with van der Waals surface area (Å²) in [5.74, 6) is 2.63. The third-order valence-electron chi connectivity index (χ3n) is 6.18. The largest absolute Gasteiger partial charge is 0.274 e. The summed E-state index contributed by atoms with van der Waals surface area (Å²) >= 11 is 0. The number of benzene rings is 2. The van der Waals surface area contributed by atoms with Crippen LogP contribution in [-0.4, -0.2) is 14.8 Å². The quantitative estimate of drug-likeness (QED) is 0.381. The summed E-state index contributed by atoms with van der Waals surface area (Å²) in [6.45, 7) is 11.0. The Balaban J connectivity index is 2.09. The lowest BCUT2D eigenvalue weighted by Crippen LogP contribution is -2.13. The first-order chi connectivity index (χ1) is 16.4. The first kappa shape index (κ1) is 23.7. The van der Waals surface area contributed by atoms with Gasteiger partial charge < -0.3 is 0 Å². The predicted octanol–water partition coefficient (Wildman–Crippen LogP) is 7.24. The van der Waals surface area contributed by atoms with Gasteiger partial charge in [0.25, 0.3) is 0 Å². The second kappa shape index (κ2) is 10.2. The van der Waals surface area contributed by atoms with E-state index in [1.165, 1.54) is 16.7 Å². The Kier molecular flexibility index (Phi) is 7.12. The van der Waals surface area contributed by atoms with E-state index in [2.05, 4.69) is 99.9 Å². The molecule has 0 unspecified atom stereocenters. The zero-order valence-electron chi connectivity index (χ0n) is 21.0. The van der Waals surface area contributed by atoms with E-state index in [9.17, 15) is 5.26 Å². The van der Waals surface area contributed by atoms with Gasteiger partial charge in [-0.25, -0.2) is 0 Å². The molecular formula is C30H34N4. The molecule has 4 heteroatoms. The van der Waals surface area contributed by atoms with Crippen LogP contribution >= 0.6 is 0 Å². The van der Waals surface area contributed by atoms with E-state index in [-0.39, 0.29) is 0 Å². The lowest BCUT2D eigenvalue weighted by atomic mass is 9.91. The maximum Gasteiger partial charge on any atom is 0.169 e. The molecule has 174 valence electrons. The van der Waals surface area contributed by atoms with Crippen molar-refractivity contribution in [3.05, 3.63) is 82.7 Å². The van der Waals surface area contributed by atoms with E-state index in [1.54, 1.807) is 0 Å². The molecule has 0 saturated carbocycles. The van der Waals surface area contributed by atoms with Crippen molar-refractivity contribution >= 4 is 5.57 Å². The van der Waals surface area contributed by atoms with Crippen LogP contribution in [-0.2, 0) is 12.8 Å². The summed E-state index contributed by atoms with van der Waals surface area (Å²) in [6.07, 6.45) is 10.5. The van der Waals surface area contributed by atoms with Crippen LogP contribution in [0.4, 0.5) is 0 Å². The van der Waals surface area contributed by atoms with Gasteiger partial charge in [0.05, 0.1) is 17.3 Å². The second-order valence-electron chi connectivity index (χ2n) is 10.1. The zero-order valence-corrected chi connectivity index (χ0v) is 21.0. The minimum atomic E-state index is 0.454. The van der Waals surface area contributed by atoms with Gasteiger partial charge in [-0.3, -0.25) is 4.57 Å². The normalized spacial score (nSPS) is 13.4. The molecule has 34 heavy (non-hydrogen) atoms. The van der Waals surface area contributed by atoms with E-state index in [0.29, 0.717) is 11.8 Å². The van der Waals surface area contributed by atoms with Gasteiger partial charge in [-0.1, -0.05) is 70.2 Å². The van der Waals surface area contributed by atoms with Gasteiger partial charge in [0.1, 0.15) is 0 Å². The SMILES string of the molecule is Cc1ccccc1-c1nnc(C2=CCCC=C2)n1-c1c(CC(C)C)cc(C#N)cc1CC(C)C. The third kappa shape index (κ3) is 4.89. The summed E-state index contributed by atoms with van der Waals surface area (Å²) < 4.78 is 2.26. The molecule has 0 spiro atoms. The van der Waals surface area contributed by atoms with Crippen molar-refractivity contribution < 1.29 is 0 Å². The zero-order chi connectivity index (χ0) is 24.2. The van der Waals surface area contributed by atoms with Crippen molar-refractivity contribution in [1.82, 2.24) is 14.8 Å². The molecule has 3 aromatic rings. The highest BCUT2D eigenvalue weighted by atomic mass is 15.3. The van der Waals surface area contributed by atoms with Crippen LogP contribution in [0.2, 0.25) is 0 Å². The third-order valence-corrected chi connectivity index (χ3v) is 6.18. The fourth-order valence-corrected chi connectivity index (χ4v) is 4.76. The molecule has 1 aliphatic carbocycles. The molecule has 0 N–H and O–H groups in total. The van der Waals surface area contributed by atoms with Crippen LogP contribution in [0.25, 0.3) is 22.6 Å². The number of hydrogen-bond acceptors (Lipinski definition) is 3. The Morgan fingerprint density at radius 3 is 2.15 bits per heavy atom. The van der Waals surface area contributed by atoms with Crippen LogP contribution in [0.15, 0.2) is 54.6 Å². The average molecular weight is 451 g/mol. The molecular weight excluding hydrogens is 416 g/mol. The van der Waals surface area contributed by atoms with Crippen molar-refractivity contribution in [2.45, 2.75) is 60.3 Å². The number of aryl methyl sites for hydroxylation is 1. The Morgan fingerprint density at radius 1 is 0.941 bits per heavy atom. The lowest BCUT2D eigenvalue weighted by molar-refractivity contribution is 0.630. The molecule has 2 aromatic carbocycles. The predicted molar refractivity (Wildman–Crippen MR) is 140 cm³/mol. The highest BCUT2D eigenvalue weighted by molar-refractivity contribution is 5.76. The van der Waals surface area contributed by atoms with Crippen molar-refractivity contribution in [3.8, 4) is 23.1 Å². The minimum absolute atomic E-state index is 0.454. The Morgan fingerprint density at radius 2 is 1.59 bits per heavy atom. The summed E-state index contributed by atoms with van der Waals surface area (Å²) in [7, 11) is 0. The molecule has 0 fully saturated rings. The van der Waals surface area contributed by atoms with E-state index in [1.807, 2.05) is 0 Å². The van der Waals surface area contributed by atoms with Crippen molar-refractivity contribution in [2.24, 2.45) is 11.8 Å². The van der Waals surface area contributed by atoms with Crippen molar-refractivity contribution in [3.63, 3.8) is 0 Å². The summed E-state index contributed by atoms with van der Waals surface area (Å²) in [5.41, 5.74) is 7.58. The first-order valence-corrected chi connectivity index (χ1v) is 12.3. The highest BCUT2D eigenvalue weighted by Crippen LogP contribution is 2.35. The van der Waals surface area contributed by atoms with Gasteiger partial charge in [-0.15, -0.1) is 10.2 Å². The molecule has 0 radical (unpaired) electrons. The monoisotopic (exact) mass is 450 g/mol. The Bertz CT molecular complexity index is 1250. The minimum Gasteiger partial charge on any atom is -0.274 e. The molecule has 1 heterocycles. The summed E-state index contributed by atoms with van der Waals surface area (Å²) in [4.78, 5) is 0. The molecule has 0 atom stereocenters. The molecule has 0 aliphatic heterocycles. The molecule has 1 aliphatic rings. The van der Waals surface area contributed by atoms with Gasteiger partial charge in [0, 0.05) is 11.1 Å². The van der Waals surface area contributed by atoms with Gasteiger partial charge in [-0.05, 0) is 73.3 Å². The fraction of sp³-hybridized carbons (Fsp3) is 0.367. The van der Waals surface area contributed by atoms with Crippen LogP contribution < -0.4 is 0 Å². The molecule has 0 amide bonds. The van der Waals surface area contributed by atoms with Crippen LogP contribution in [0.3, 0.4) is 0 Å². The molecule has 4 rings (SSSR count). The Hall–Kier alpha value is -3.45. The summed E-state index contributed by atoms with van der Waals surface area (Å²) in [6, 6.07) is 14.9. The number of nitriles is 1. The number of nitrogens with zero attached hydrogens (tertiary/aromatic N) is 4. The number of hydrogen-bond donors (Lipinski definition) is 0. The Labute approximate surface area is 203 Å². The molecule has 4 nitrogen and oxygen atoms in total. The van der Waals surface area contributed by atoms with Gasteiger partial charge in [0.15, 0.2) is 11.6 Å². The van der Waals surface area contributed by atoms with Gasteiger partial charge in [0.2, 0.25) is 0 Å². The highest BCUT2D eigenvalue weighted by Gasteiger charge is 2.24. The van der Waals surface area contributed by atoms with Crippen LogP contribution in [0.1, 0.15) is 68.6 Å². The standard InChI is InChI=1S/C30H34N4/c1-20(2)15-25-17-23(19-31)18-26(16-21(3)4)28(25)34-29(24-12-7-6-8-13-24)32-33-30(34)27-14-10-9-11-22(27)5/h7,9-14,17-18,20-21H,6,8,15-16H2,1-5H3. The van der Waals surface area contributed by atoms with Crippen LogP contribution in [0, 0.1) is 30.1 Å². The van der Waals surface area contributed by atoms with E-state index < -0.39 is 0 Å². The first-order valence-electron chi connectivity index (χ1n) is 12.3. The maximum atomic E-state index is 9.80. The smallest absolute Gasteiger partial charge is 0.169 e. The number of rotatable bonds is 7.